The second-order valence-electron chi connectivity index (χ2n) is 5.64. The number of benzene rings is 2. The first-order valence-corrected chi connectivity index (χ1v) is 9.44. The Morgan fingerprint density at radius 1 is 1.15 bits per heavy atom. The molecule has 0 fully saturated rings. The van der Waals surface area contributed by atoms with E-state index in [4.69, 9.17) is 9.88 Å². The van der Waals surface area contributed by atoms with Gasteiger partial charge in [-0.25, -0.2) is 13.6 Å². The molecule has 2 aromatic rings. The fourth-order valence-corrected chi connectivity index (χ4v) is 3.21. The number of ether oxygens (including phenoxy) is 1. The summed E-state index contributed by atoms with van der Waals surface area (Å²) in [6.45, 7) is 2.96. The first-order chi connectivity index (χ1) is 12.2. The highest BCUT2D eigenvalue weighted by Crippen LogP contribution is 2.20. The van der Waals surface area contributed by atoms with Crippen LogP contribution in [0.3, 0.4) is 0 Å². The van der Waals surface area contributed by atoms with Gasteiger partial charge >= 0.3 is 0 Å². The third-order valence-corrected chi connectivity index (χ3v) is 4.64. The largest absolute Gasteiger partial charge is 0.484 e. The van der Waals surface area contributed by atoms with Gasteiger partial charge in [-0.1, -0.05) is 25.1 Å². The number of anilines is 1. The fraction of sp³-hybridized carbons (Fsp3) is 0.222. The minimum Gasteiger partial charge on any atom is -0.484 e. The van der Waals surface area contributed by atoms with Crippen molar-refractivity contribution in [3.8, 4) is 5.75 Å². The van der Waals surface area contributed by atoms with Crippen LogP contribution in [0.2, 0.25) is 0 Å². The molecule has 0 aliphatic rings. The third kappa shape index (κ3) is 5.14. The maximum atomic E-state index is 12.0. The van der Waals surface area contributed by atoms with Crippen molar-refractivity contribution >= 4 is 27.4 Å². The predicted molar refractivity (Wildman–Crippen MR) is 97.8 cm³/mol. The number of nitrogens with two attached hydrogens (primary N) is 1. The van der Waals surface area contributed by atoms with E-state index in [1.165, 1.54) is 13.0 Å². The molecule has 26 heavy (non-hydrogen) atoms. The molecule has 0 saturated heterocycles. The predicted octanol–water partition coefficient (Wildman–Crippen LogP) is 2.12. The number of hydrogen-bond donors (Lipinski definition) is 2. The third-order valence-electron chi connectivity index (χ3n) is 3.65. The SMILES string of the molecule is CCc1ccc(NC(=O)COc2cccc(C(C)=O)c2)cc1S(N)(=O)=O. The molecule has 138 valence electrons. The van der Waals surface area contributed by atoms with E-state index in [-0.39, 0.29) is 17.3 Å². The summed E-state index contributed by atoms with van der Waals surface area (Å²) < 4.78 is 28.7. The van der Waals surface area contributed by atoms with Crippen LogP contribution >= 0.6 is 0 Å². The van der Waals surface area contributed by atoms with Crippen molar-refractivity contribution < 1.29 is 22.7 Å². The van der Waals surface area contributed by atoms with Crippen LogP contribution in [-0.2, 0) is 21.2 Å². The van der Waals surface area contributed by atoms with Crippen molar-refractivity contribution in [2.45, 2.75) is 25.2 Å². The molecule has 2 rings (SSSR count). The van der Waals surface area contributed by atoms with Gasteiger partial charge in [0.25, 0.3) is 5.91 Å². The molecule has 1 amide bonds. The van der Waals surface area contributed by atoms with Crippen molar-refractivity contribution in [2.24, 2.45) is 5.14 Å². The number of aryl methyl sites for hydroxylation is 1. The Labute approximate surface area is 152 Å². The molecule has 0 saturated carbocycles. The number of hydrogen-bond acceptors (Lipinski definition) is 5. The second kappa shape index (κ2) is 8.11. The number of nitrogens with one attached hydrogen (secondary N) is 1. The van der Waals surface area contributed by atoms with Gasteiger partial charge in [-0.3, -0.25) is 9.59 Å². The van der Waals surface area contributed by atoms with Crippen LogP contribution in [0.25, 0.3) is 0 Å². The van der Waals surface area contributed by atoms with Gasteiger partial charge in [0, 0.05) is 11.3 Å². The van der Waals surface area contributed by atoms with Crippen LogP contribution in [0.5, 0.6) is 5.75 Å². The van der Waals surface area contributed by atoms with Crippen molar-refractivity contribution in [3.05, 3.63) is 53.6 Å². The Bertz CT molecular complexity index is 938. The average molecular weight is 376 g/mol. The van der Waals surface area contributed by atoms with Crippen LogP contribution < -0.4 is 15.2 Å². The number of Topliss-reactive ketones (excluding diaryl/α,β-unsaturated/α-hetero) is 1. The summed E-state index contributed by atoms with van der Waals surface area (Å²) in [5, 5.41) is 7.78. The minimum atomic E-state index is -3.89. The lowest BCUT2D eigenvalue weighted by Crippen LogP contribution is -2.21. The summed E-state index contributed by atoms with van der Waals surface area (Å²) in [6.07, 6.45) is 0.496. The number of carbonyl (C=O) groups is 2. The van der Waals surface area contributed by atoms with E-state index in [2.05, 4.69) is 5.32 Å². The summed E-state index contributed by atoms with van der Waals surface area (Å²) in [5.74, 6) is -0.186. The molecule has 7 nitrogen and oxygen atoms in total. The van der Waals surface area contributed by atoms with Crippen molar-refractivity contribution in [2.75, 3.05) is 11.9 Å². The van der Waals surface area contributed by atoms with Crippen LogP contribution in [-0.4, -0.2) is 26.7 Å². The fourth-order valence-electron chi connectivity index (χ4n) is 2.34. The van der Waals surface area contributed by atoms with Gasteiger partial charge in [-0.2, -0.15) is 0 Å². The number of ketones is 1. The molecule has 2 aromatic carbocycles. The topological polar surface area (TPSA) is 116 Å². The molecule has 3 N–H and O–H groups in total. The lowest BCUT2D eigenvalue weighted by atomic mass is 10.1. The molecule has 0 aromatic heterocycles. The standard InChI is InChI=1S/C18H20N2O5S/c1-3-13-7-8-15(10-17(13)26(19,23)24)20-18(22)11-25-16-6-4-5-14(9-16)12(2)21/h4-10H,3,11H2,1-2H3,(H,20,22)(H2,19,23,24). The maximum Gasteiger partial charge on any atom is 0.262 e. The summed E-state index contributed by atoms with van der Waals surface area (Å²) in [4.78, 5) is 23.4. The van der Waals surface area contributed by atoms with Crippen molar-refractivity contribution in [1.82, 2.24) is 0 Å². The van der Waals surface area contributed by atoms with Gasteiger partial charge in [0.1, 0.15) is 5.75 Å². The van der Waals surface area contributed by atoms with Crippen LogP contribution in [0.4, 0.5) is 5.69 Å². The lowest BCUT2D eigenvalue weighted by molar-refractivity contribution is -0.118. The zero-order valence-corrected chi connectivity index (χ0v) is 15.3. The summed E-state index contributed by atoms with van der Waals surface area (Å²) >= 11 is 0. The van der Waals surface area contributed by atoms with E-state index >= 15 is 0 Å². The summed E-state index contributed by atoms with van der Waals surface area (Å²) in [6, 6.07) is 11.0. The van der Waals surface area contributed by atoms with E-state index in [0.29, 0.717) is 29.0 Å². The van der Waals surface area contributed by atoms with Gasteiger partial charge in [-0.15, -0.1) is 0 Å². The molecule has 0 unspecified atom stereocenters. The van der Waals surface area contributed by atoms with Crippen LogP contribution in [0.1, 0.15) is 29.8 Å². The van der Waals surface area contributed by atoms with E-state index in [1.807, 2.05) is 6.92 Å². The first-order valence-electron chi connectivity index (χ1n) is 7.90. The Morgan fingerprint density at radius 2 is 1.88 bits per heavy atom. The molecular formula is C18H20N2O5S. The van der Waals surface area contributed by atoms with Gasteiger partial charge in [-0.05, 0) is 43.2 Å². The van der Waals surface area contributed by atoms with Gasteiger partial charge in [0.15, 0.2) is 12.4 Å². The van der Waals surface area contributed by atoms with E-state index in [1.54, 1.807) is 36.4 Å². The van der Waals surface area contributed by atoms with Gasteiger partial charge in [0.2, 0.25) is 10.0 Å². The number of sulfonamides is 1. The lowest BCUT2D eigenvalue weighted by Gasteiger charge is -2.11. The number of rotatable bonds is 7. The molecule has 0 bridgehead atoms. The zero-order valence-electron chi connectivity index (χ0n) is 14.5. The molecule has 0 heterocycles. The molecular weight excluding hydrogens is 356 g/mol. The number of amides is 1. The van der Waals surface area contributed by atoms with Gasteiger partial charge < -0.3 is 10.1 Å². The molecule has 0 spiro atoms. The van der Waals surface area contributed by atoms with E-state index < -0.39 is 15.9 Å². The average Bonchev–Trinajstić information content (AvgIpc) is 2.59. The van der Waals surface area contributed by atoms with E-state index in [0.717, 1.165) is 0 Å². The number of carbonyl (C=O) groups excluding carboxylic acids is 2. The van der Waals surface area contributed by atoms with Crippen LogP contribution in [0.15, 0.2) is 47.4 Å². The van der Waals surface area contributed by atoms with Crippen LogP contribution in [0, 0.1) is 0 Å². The Morgan fingerprint density at radius 3 is 2.50 bits per heavy atom. The Hall–Kier alpha value is -2.71. The molecule has 0 aliphatic heterocycles. The van der Waals surface area contributed by atoms with Crippen molar-refractivity contribution in [3.63, 3.8) is 0 Å². The second-order valence-corrected chi connectivity index (χ2v) is 7.17. The smallest absolute Gasteiger partial charge is 0.262 e. The minimum absolute atomic E-state index is 0.0205. The Kier molecular flexibility index (Phi) is 6.12. The van der Waals surface area contributed by atoms with Gasteiger partial charge in [0.05, 0.1) is 4.90 Å². The highest BCUT2D eigenvalue weighted by molar-refractivity contribution is 7.89. The molecule has 0 atom stereocenters. The summed E-state index contributed by atoms with van der Waals surface area (Å²) in [5.41, 5.74) is 1.36. The monoisotopic (exact) mass is 376 g/mol. The highest BCUT2D eigenvalue weighted by atomic mass is 32.2. The highest BCUT2D eigenvalue weighted by Gasteiger charge is 2.15. The normalized spacial score (nSPS) is 11.0. The number of primary sulfonamides is 1. The zero-order chi connectivity index (χ0) is 19.3. The molecule has 8 heteroatoms. The maximum absolute atomic E-state index is 12.0. The molecule has 0 aliphatic carbocycles. The quantitative estimate of drug-likeness (QED) is 0.718. The van der Waals surface area contributed by atoms with Crippen molar-refractivity contribution in [1.29, 1.82) is 0 Å². The Balaban J connectivity index is 2.06. The summed E-state index contributed by atoms with van der Waals surface area (Å²) in [7, 11) is -3.89. The first kappa shape index (κ1) is 19.6. The molecule has 0 radical (unpaired) electrons. The van der Waals surface area contributed by atoms with E-state index in [9.17, 15) is 18.0 Å².